The molecule has 0 atom stereocenters. The summed E-state index contributed by atoms with van der Waals surface area (Å²) in [4.78, 5) is 26.0. The van der Waals surface area contributed by atoms with Crippen LogP contribution in [0.15, 0.2) is 40.9 Å². The number of benzene rings is 1. The molecule has 2 amide bonds. The lowest BCUT2D eigenvalue weighted by Gasteiger charge is -2.22. The second-order valence-electron chi connectivity index (χ2n) is 6.23. The number of nitrogens with zero attached hydrogens (tertiary/aromatic N) is 4. The molecule has 1 aromatic carbocycles. The Bertz CT molecular complexity index is 1010. The molecule has 27 heavy (non-hydrogen) atoms. The summed E-state index contributed by atoms with van der Waals surface area (Å²) in [7, 11) is 1.72. The largest absolute Gasteiger partial charge is 0.359 e. The molecule has 3 heterocycles. The minimum atomic E-state index is -0.378. The fourth-order valence-electron chi connectivity index (χ4n) is 2.82. The second-order valence-corrected chi connectivity index (χ2v) is 6.67. The predicted octanol–water partition coefficient (Wildman–Crippen LogP) is 2.21. The number of amides is 2. The summed E-state index contributed by atoms with van der Waals surface area (Å²) in [6.07, 6.45) is 0. The van der Waals surface area contributed by atoms with Gasteiger partial charge in [-0.05, 0) is 12.1 Å². The van der Waals surface area contributed by atoms with Crippen LogP contribution in [0.2, 0.25) is 5.02 Å². The van der Waals surface area contributed by atoms with Crippen molar-refractivity contribution in [2.75, 3.05) is 13.6 Å². The van der Waals surface area contributed by atoms with Crippen LogP contribution < -0.4 is 5.32 Å². The molecule has 1 aliphatic heterocycles. The Labute approximate surface area is 159 Å². The van der Waals surface area contributed by atoms with E-state index in [0.717, 1.165) is 5.56 Å². The average Bonchev–Trinajstić information content (AvgIpc) is 3.31. The Morgan fingerprint density at radius 1 is 1.26 bits per heavy atom. The average molecular weight is 386 g/mol. The van der Waals surface area contributed by atoms with Crippen molar-refractivity contribution in [2.24, 2.45) is 0 Å². The molecule has 0 saturated carbocycles. The first-order valence-corrected chi connectivity index (χ1v) is 8.72. The first-order valence-electron chi connectivity index (χ1n) is 8.34. The molecule has 3 aromatic rings. The Kier molecular flexibility index (Phi) is 4.41. The highest BCUT2D eigenvalue weighted by Gasteiger charge is 2.25. The summed E-state index contributed by atoms with van der Waals surface area (Å²) in [5.41, 5.74) is 2.14. The van der Waals surface area contributed by atoms with Crippen LogP contribution in [0, 0.1) is 0 Å². The highest BCUT2D eigenvalue weighted by molar-refractivity contribution is 6.30. The van der Waals surface area contributed by atoms with Gasteiger partial charge in [0.2, 0.25) is 0 Å². The van der Waals surface area contributed by atoms with Crippen molar-refractivity contribution in [1.29, 1.82) is 0 Å². The van der Waals surface area contributed by atoms with Crippen LogP contribution in [0.4, 0.5) is 0 Å². The van der Waals surface area contributed by atoms with E-state index in [9.17, 15) is 9.59 Å². The van der Waals surface area contributed by atoms with E-state index in [1.165, 1.54) is 6.07 Å². The van der Waals surface area contributed by atoms with Gasteiger partial charge in [0.1, 0.15) is 11.4 Å². The highest BCUT2D eigenvalue weighted by atomic mass is 35.5. The van der Waals surface area contributed by atoms with Gasteiger partial charge in [-0.15, -0.1) is 0 Å². The van der Waals surface area contributed by atoms with E-state index in [2.05, 4.69) is 15.6 Å². The molecule has 0 aliphatic carbocycles. The van der Waals surface area contributed by atoms with Crippen LogP contribution in [0.1, 0.15) is 26.7 Å². The zero-order valence-electron chi connectivity index (χ0n) is 14.5. The van der Waals surface area contributed by atoms with Crippen LogP contribution in [-0.2, 0) is 13.1 Å². The third kappa shape index (κ3) is 3.43. The lowest BCUT2D eigenvalue weighted by atomic mass is 10.1. The summed E-state index contributed by atoms with van der Waals surface area (Å²) in [6.45, 7) is 1.30. The maximum Gasteiger partial charge on any atom is 0.272 e. The summed E-state index contributed by atoms with van der Waals surface area (Å²) in [5.74, 6) is -0.0134. The first kappa shape index (κ1) is 17.3. The molecule has 0 unspecified atom stereocenters. The van der Waals surface area contributed by atoms with Crippen molar-refractivity contribution in [3.8, 4) is 11.3 Å². The fourth-order valence-corrected chi connectivity index (χ4v) is 2.95. The van der Waals surface area contributed by atoms with Crippen molar-refractivity contribution < 1.29 is 14.1 Å². The number of aromatic nitrogens is 3. The summed E-state index contributed by atoms with van der Waals surface area (Å²) >= 11 is 5.88. The number of hydrogen-bond acceptors (Lipinski definition) is 5. The van der Waals surface area contributed by atoms with Crippen LogP contribution in [-0.4, -0.2) is 45.2 Å². The number of hydrogen-bond donors (Lipinski definition) is 1. The van der Waals surface area contributed by atoms with E-state index < -0.39 is 0 Å². The molecule has 0 bridgehead atoms. The topological polar surface area (TPSA) is 93.3 Å². The van der Waals surface area contributed by atoms with E-state index in [1.807, 2.05) is 12.1 Å². The Balaban J connectivity index is 1.42. The number of rotatable bonds is 4. The molecule has 2 aromatic heterocycles. The zero-order chi connectivity index (χ0) is 19.0. The maximum atomic E-state index is 12.3. The van der Waals surface area contributed by atoms with Gasteiger partial charge >= 0.3 is 0 Å². The Hall–Kier alpha value is -3.13. The predicted molar refractivity (Wildman–Crippen MR) is 97.3 cm³/mol. The second kappa shape index (κ2) is 6.88. The van der Waals surface area contributed by atoms with Gasteiger partial charge in [-0.25, -0.2) is 0 Å². The van der Waals surface area contributed by atoms with Crippen molar-refractivity contribution in [1.82, 2.24) is 25.2 Å². The summed E-state index contributed by atoms with van der Waals surface area (Å²) < 4.78 is 6.82. The molecule has 0 radical (unpaired) electrons. The van der Waals surface area contributed by atoms with Crippen molar-refractivity contribution in [2.45, 2.75) is 13.1 Å². The molecule has 9 heteroatoms. The number of halogens is 1. The van der Waals surface area contributed by atoms with Crippen LogP contribution >= 0.6 is 11.6 Å². The number of fused-ring (bicyclic) bond motifs is 1. The first-order chi connectivity index (χ1) is 13.0. The number of nitrogens with one attached hydrogen (secondary N) is 1. The third-order valence-electron chi connectivity index (χ3n) is 4.35. The van der Waals surface area contributed by atoms with E-state index >= 15 is 0 Å². The zero-order valence-corrected chi connectivity index (χ0v) is 15.2. The smallest absolute Gasteiger partial charge is 0.272 e. The number of likely N-dealkylation sites (N-methyl/N-ethyl adjacent to an activating group) is 1. The Morgan fingerprint density at radius 2 is 2.04 bits per heavy atom. The van der Waals surface area contributed by atoms with Gasteiger partial charge in [0.05, 0.1) is 13.1 Å². The molecule has 1 N–H and O–H groups in total. The van der Waals surface area contributed by atoms with Crippen molar-refractivity contribution in [3.63, 3.8) is 0 Å². The molecule has 1 aliphatic rings. The van der Waals surface area contributed by atoms with Crippen molar-refractivity contribution in [3.05, 3.63) is 58.6 Å². The summed E-state index contributed by atoms with van der Waals surface area (Å²) in [5, 5.41) is 11.6. The van der Waals surface area contributed by atoms with E-state index in [0.29, 0.717) is 35.3 Å². The standard InChI is InChI=1S/C18H16ClN5O3/c1-23-6-7-24-16(18(23)26)9-15(21-24)17(25)20-10-13-8-14(22-27-13)11-2-4-12(19)5-3-11/h2-5,8-9H,6-7,10H2,1H3,(H,20,25). The van der Waals surface area contributed by atoms with Gasteiger partial charge in [0.15, 0.2) is 11.5 Å². The molecule has 8 nitrogen and oxygen atoms in total. The van der Waals surface area contributed by atoms with Gasteiger partial charge in [-0.1, -0.05) is 28.9 Å². The molecule has 0 fully saturated rings. The van der Waals surface area contributed by atoms with Gasteiger partial charge in [-0.3, -0.25) is 14.3 Å². The van der Waals surface area contributed by atoms with Crippen molar-refractivity contribution >= 4 is 23.4 Å². The van der Waals surface area contributed by atoms with Gasteiger partial charge in [-0.2, -0.15) is 5.10 Å². The van der Waals surface area contributed by atoms with Gasteiger partial charge in [0.25, 0.3) is 11.8 Å². The Morgan fingerprint density at radius 3 is 2.81 bits per heavy atom. The highest BCUT2D eigenvalue weighted by Crippen LogP contribution is 2.21. The molecule has 138 valence electrons. The quantitative estimate of drug-likeness (QED) is 0.743. The van der Waals surface area contributed by atoms with Gasteiger partial charge < -0.3 is 14.7 Å². The SMILES string of the molecule is CN1CCn2nc(C(=O)NCc3cc(-c4ccc(Cl)cc4)no3)cc2C1=O. The van der Waals surface area contributed by atoms with Crippen LogP contribution in [0.3, 0.4) is 0 Å². The van der Waals surface area contributed by atoms with E-state index in [1.54, 1.807) is 34.8 Å². The van der Waals surface area contributed by atoms with Gasteiger partial charge in [0, 0.05) is 36.3 Å². The van der Waals surface area contributed by atoms with E-state index in [-0.39, 0.29) is 24.1 Å². The lowest BCUT2D eigenvalue weighted by molar-refractivity contribution is 0.0742. The molecule has 0 saturated heterocycles. The molecular formula is C18H16ClN5O3. The molecule has 0 spiro atoms. The molecule has 4 rings (SSSR count). The molecular weight excluding hydrogens is 370 g/mol. The third-order valence-corrected chi connectivity index (χ3v) is 4.60. The van der Waals surface area contributed by atoms with E-state index in [4.69, 9.17) is 16.1 Å². The van der Waals surface area contributed by atoms with Crippen LogP contribution in [0.25, 0.3) is 11.3 Å². The monoisotopic (exact) mass is 385 g/mol. The summed E-state index contributed by atoms with van der Waals surface area (Å²) in [6, 6.07) is 10.5. The maximum absolute atomic E-state index is 12.3. The minimum Gasteiger partial charge on any atom is -0.359 e. The number of carbonyl (C=O) groups excluding carboxylic acids is 2. The fraction of sp³-hybridized carbons (Fsp3) is 0.222. The lowest BCUT2D eigenvalue weighted by Crippen LogP contribution is -2.37. The number of carbonyl (C=O) groups is 2. The minimum absolute atomic E-state index is 0.143. The van der Waals surface area contributed by atoms with Crippen LogP contribution in [0.5, 0.6) is 0 Å². The normalized spacial score (nSPS) is 13.6.